The van der Waals surface area contributed by atoms with Crippen LogP contribution in [0.5, 0.6) is 0 Å². The number of urea groups is 1. The van der Waals surface area contributed by atoms with E-state index in [1.54, 1.807) is 0 Å². The smallest absolute Gasteiger partial charge is 0.331 e. The van der Waals surface area contributed by atoms with Crippen LogP contribution in [-0.2, 0) is 9.59 Å². The van der Waals surface area contributed by atoms with Crippen LogP contribution in [0.1, 0.15) is 26.7 Å². The summed E-state index contributed by atoms with van der Waals surface area (Å²) in [6.07, 6.45) is 2.13. The molecule has 1 heterocycles. The van der Waals surface area contributed by atoms with Gasteiger partial charge < -0.3 is 10.4 Å². The zero-order chi connectivity index (χ0) is 15.1. The monoisotopic (exact) mass is 300 g/mol. The van der Waals surface area contributed by atoms with Crippen LogP contribution in [-0.4, -0.2) is 41.1 Å². The molecular formula is C13H20N2O4S. The number of thioether (sulfide) groups is 1. The topological polar surface area (TPSA) is 95.5 Å². The van der Waals surface area contributed by atoms with Gasteiger partial charge in [-0.2, -0.15) is 11.8 Å². The summed E-state index contributed by atoms with van der Waals surface area (Å²) in [5.41, 5.74) is -0.0404. The van der Waals surface area contributed by atoms with Crippen molar-refractivity contribution >= 4 is 29.7 Å². The second-order valence-electron chi connectivity index (χ2n) is 4.78. The molecule has 0 bridgehead atoms. The first-order valence-corrected chi connectivity index (χ1v) is 7.65. The molecule has 3 N–H and O–H groups in total. The van der Waals surface area contributed by atoms with Gasteiger partial charge in [-0.25, -0.2) is 9.59 Å². The SMILES string of the molecule is CC(C(=O)O)=C(C)C(=O)NC(=O)NCC1CCSCC1. The van der Waals surface area contributed by atoms with Crippen LogP contribution in [0.15, 0.2) is 11.1 Å². The average molecular weight is 300 g/mol. The summed E-state index contributed by atoms with van der Waals surface area (Å²) in [7, 11) is 0. The fourth-order valence-electron chi connectivity index (χ4n) is 1.76. The van der Waals surface area contributed by atoms with Crippen LogP contribution in [0, 0.1) is 5.92 Å². The number of carbonyl (C=O) groups is 3. The van der Waals surface area contributed by atoms with Crippen LogP contribution in [0.2, 0.25) is 0 Å². The highest BCUT2D eigenvalue weighted by Gasteiger charge is 2.17. The number of imide groups is 1. The third-order valence-electron chi connectivity index (χ3n) is 3.34. The van der Waals surface area contributed by atoms with Crippen LogP contribution in [0.25, 0.3) is 0 Å². The lowest BCUT2D eigenvalue weighted by Gasteiger charge is -2.21. The van der Waals surface area contributed by atoms with Crippen molar-refractivity contribution in [2.45, 2.75) is 26.7 Å². The summed E-state index contributed by atoms with van der Waals surface area (Å²) in [6.45, 7) is 3.25. The van der Waals surface area contributed by atoms with Crippen molar-refractivity contribution in [1.82, 2.24) is 10.6 Å². The Hall–Kier alpha value is -1.50. The quantitative estimate of drug-likeness (QED) is 0.682. The number of rotatable bonds is 4. The molecule has 0 saturated carbocycles. The Balaban J connectivity index is 2.40. The number of aliphatic carboxylic acids is 1. The van der Waals surface area contributed by atoms with Gasteiger partial charge >= 0.3 is 12.0 Å². The number of carboxylic acids is 1. The van der Waals surface area contributed by atoms with Crippen molar-refractivity contribution in [3.63, 3.8) is 0 Å². The first kappa shape index (κ1) is 16.6. The normalized spacial score (nSPS) is 17.1. The third-order valence-corrected chi connectivity index (χ3v) is 4.39. The van der Waals surface area contributed by atoms with E-state index in [-0.39, 0.29) is 11.1 Å². The molecule has 0 aromatic heterocycles. The van der Waals surface area contributed by atoms with Gasteiger partial charge in [0.1, 0.15) is 0 Å². The van der Waals surface area contributed by atoms with E-state index < -0.39 is 17.9 Å². The summed E-state index contributed by atoms with van der Waals surface area (Å²) in [5, 5.41) is 13.6. The van der Waals surface area contributed by atoms with Gasteiger partial charge in [-0.15, -0.1) is 0 Å². The standard InChI is InChI=1S/C13H20N2O4S/c1-8(9(2)12(17)18)11(16)15-13(19)14-7-10-3-5-20-6-4-10/h10H,3-7H2,1-2H3,(H,17,18)(H2,14,15,16,19). The minimum absolute atomic E-state index is 0.0294. The van der Waals surface area contributed by atoms with Gasteiger partial charge in [0.15, 0.2) is 0 Å². The van der Waals surface area contributed by atoms with E-state index in [0.717, 1.165) is 24.3 Å². The van der Waals surface area contributed by atoms with E-state index in [1.807, 2.05) is 11.8 Å². The molecule has 0 aliphatic carbocycles. The maximum atomic E-state index is 11.7. The van der Waals surface area contributed by atoms with Gasteiger partial charge in [0.05, 0.1) is 0 Å². The Bertz CT molecular complexity index is 428. The lowest BCUT2D eigenvalue weighted by Crippen LogP contribution is -2.42. The number of nitrogens with one attached hydrogen (secondary N) is 2. The summed E-state index contributed by atoms with van der Waals surface area (Å²) in [5.74, 6) is 0.813. The van der Waals surface area contributed by atoms with E-state index in [2.05, 4.69) is 10.6 Å². The minimum Gasteiger partial charge on any atom is -0.478 e. The Kier molecular flexibility index (Phi) is 6.57. The van der Waals surface area contributed by atoms with Crippen LogP contribution in [0.4, 0.5) is 4.79 Å². The number of hydrogen-bond donors (Lipinski definition) is 3. The molecule has 20 heavy (non-hydrogen) atoms. The predicted molar refractivity (Wildman–Crippen MR) is 77.6 cm³/mol. The third kappa shape index (κ3) is 5.24. The van der Waals surface area contributed by atoms with Crippen molar-refractivity contribution < 1.29 is 19.5 Å². The van der Waals surface area contributed by atoms with Gasteiger partial charge in [0.2, 0.25) is 0 Å². The Labute approximate surface area is 122 Å². The lowest BCUT2D eigenvalue weighted by atomic mass is 10.0. The molecule has 3 amide bonds. The highest BCUT2D eigenvalue weighted by Crippen LogP contribution is 2.21. The van der Waals surface area contributed by atoms with Crippen molar-refractivity contribution in [1.29, 1.82) is 0 Å². The molecule has 0 unspecified atom stereocenters. The fourth-order valence-corrected chi connectivity index (χ4v) is 2.96. The molecule has 6 nitrogen and oxygen atoms in total. The van der Waals surface area contributed by atoms with Crippen LogP contribution < -0.4 is 10.6 Å². The number of carbonyl (C=O) groups excluding carboxylic acids is 2. The molecule has 112 valence electrons. The van der Waals surface area contributed by atoms with Crippen molar-refractivity contribution in [2.24, 2.45) is 5.92 Å². The van der Waals surface area contributed by atoms with Gasteiger partial charge in [0, 0.05) is 17.7 Å². The molecule has 1 saturated heterocycles. The molecule has 0 aromatic carbocycles. The van der Waals surface area contributed by atoms with Gasteiger partial charge in [-0.1, -0.05) is 0 Å². The average Bonchev–Trinajstić information content (AvgIpc) is 2.44. The minimum atomic E-state index is -1.17. The van der Waals surface area contributed by atoms with E-state index in [1.165, 1.54) is 13.8 Å². The van der Waals surface area contributed by atoms with Gasteiger partial charge in [-0.3, -0.25) is 10.1 Å². The van der Waals surface area contributed by atoms with Gasteiger partial charge in [0.25, 0.3) is 5.91 Å². The second-order valence-corrected chi connectivity index (χ2v) is 6.00. The van der Waals surface area contributed by atoms with E-state index in [9.17, 15) is 14.4 Å². The van der Waals surface area contributed by atoms with Crippen molar-refractivity contribution in [3.8, 4) is 0 Å². The second kappa shape index (κ2) is 7.94. The molecule has 1 rings (SSSR count). The zero-order valence-corrected chi connectivity index (χ0v) is 12.5. The Morgan fingerprint density at radius 2 is 1.75 bits per heavy atom. The first-order chi connectivity index (χ1) is 9.41. The summed E-state index contributed by atoms with van der Waals surface area (Å²) >= 11 is 1.91. The lowest BCUT2D eigenvalue weighted by molar-refractivity contribution is -0.133. The molecule has 7 heteroatoms. The van der Waals surface area contributed by atoms with Crippen LogP contribution in [0.3, 0.4) is 0 Å². The number of carboxylic acid groups (broad SMARTS) is 1. The molecule has 1 aliphatic heterocycles. The van der Waals surface area contributed by atoms with Gasteiger partial charge in [-0.05, 0) is 44.1 Å². The first-order valence-electron chi connectivity index (χ1n) is 6.49. The Morgan fingerprint density at radius 3 is 2.30 bits per heavy atom. The number of hydrogen-bond acceptors (Lipinski definition) is 4. The molecule has 0 aromatic rings. The maximum absolute atomic E-state index is 11.7. The van der Waals surface area contributed by atoms with Crippen LogP contribution >= 0.6 is 11.8 Å². The summed E-state index contributed by atoms with van der Waals surface area (Å²) in [6, 6.07) is -0.578. The highest BCUT2D eigenvalue weighted by molar-refractivity contribution is 7.99. The largest absolute Gasteiger partial charge is 0.478 e. The highest BCUT2D eigenvalue weighted by atomic mass is 32.2. The summed E-state index contributed by atoms with van der Waals surface area (Å²) < 4.78 is 0. The molecule has 1 aliphatic rings. The van der Waals surface area contributed by atoms with Crippen molar-refractivity contribution in [3.05, 3.63) is 11.1 Å². The molecule has 0 radical (unpaired) electrons. The maximum Gasteiger partial charge on any atom is 0.331 e. The van der Waals surface area contributed by atoms with E-state index >= 15 is 0 Å². The fraction of sp³-hybridized carbons (Fsp3) is 0.615. The summed E-state index contributed by atoms with van der Waals surface area (Å²) in [4.78, 5) is 34.0. The molecule has 0 atom stereocenters. The molecule has 1 fully saturated rings. The molecule has 0 spiro atoms. The zero-order valence-electron chi connectivity index (χ0n) is 11.7. The van der Waals surface area contributed by atoms with E-state index in [0.29, 0.717) is 12.5 Å². The number of amides is 3. The predicted octanol–water partition coefficient (Wildman–Crippen LogP) is 1.38. The molecular weight excluding hydrogens is 280 g/mol. The van der Waals surface area contributed by atoms with Crippen molar-refractivity contribution in [2.75, 3.05) is 18.1 Å². The Morgan fingerprint density at radius 1 is 1.15 bits per heavy atom. The van der Waals surface area contributed by atoms with E-state index in [4.69, 9.17) is 5.11 Å².